The van der Waals surface area contributed by atoms with Gasteiger partial charge in [0.1, 0.15) is 18.6 Å². The van der Waals surface area contributed by atoms with Gasteiger partial charge in [0, 0.05) is 12.7 Å². The molecule has 0 heterocycles. The van der Waals surface area contributed by atoms with E-state index in [1.165, 1.54) is 28.7 Å². The number of fused-ring (bicyclic) bond motifs is 1. The Balaban J connectivity index is 1.41. The Labute approximate surface area is 162 Å². The van der Waals surface area contributed by atoms with E-state index in [2.05, 4.69) is 56.0 Å². The van der Waals surface area contributed by atoms with E-state index in [1.807, 2.05) is 0 Å². The van der Waals surface area contributed by atoms with Crippen molar-refractivity contribution in [3.05, 3.63) is 71.3 Å². The Kier molecular flexibility index (Phi) is 5.33. The smallest absolute Gasteiger partial charge is 0.146 e. The summed E-state index contributed by atoms with van der Waals surface area (Å²) in [5.41, 5.74) is 6.44. The Morgan fingerprint density at radius 3 is 2.70 bits per heavy atom. The summed E-state index contributed by atoms with van der Waals surface area (Å²) in [4.78, 5) is 0. The molecule has 3 atom stereocenters. The minimum absolute atomic E-state index is 0.120. The number of hydrogen-bond acceptors (Lipinski definition) is 3. The molecule has 3 unspecified atom stereocenters. The molecule has 0 aromatic heterocycles. The van der Waals surface area contributed by atoms with Gasteiger partial charge in [-0.05, 0) is 66.8 Å². The molecule has 2 aromatic carbocycles. The van der Waals surface area contributed by atoms with Crippen LogP contribution in [-0.4, -0.2) is 20.5 Å². The van der Waals surface area contributed by atoms with Crippen LogP contribution in [0.25, 0.3) is 5.57 Å². The van der Waals surface area contributed by atoms with Gasteiger partial charge in [-0.2, -0.15) is 0 Å². The molecule has 3 nitrogen and oxygen atoms in total. The van der Waals surface area contributed by atoms with Crippen LogP contribution in [0.4, 0.5) is 0 Å². The number of benzene rings is 2. The third-order valence-corrected chi connectivity index (χ3v) is 5.70. The lowest BCUT2D eigenvalue weighted by Crippen LogP contribution is -2.06. The summed E-state index contributed by atoms with van der Waals surface area (Å²) in [6.07, 6.45) is 3.42. The molecule has 0 aliphatic heterocycles. The topological polar surface area (TPSA) is 27.7 Å². The quantitative estimate of drug-likeness (QED) is 0.457. The first-order valence-electron chi connectivity index (χ1n) is 9.78. The van der Waals surface area contributed by atoms with E-state index in [9.17, 15) is 0 Å². The molecule has 0 amide bonds. The van der Waals surface area contributed by atoms with Crippen molar-refractivity contribution in [2.24, 2.45) is 5.92 Å². The van der Waals surface area contributed by atoms with Gasteiger partial charge >= 0.3 is 0 Å². The predicted molar refractivity (Wildman–Crippen MR) is 108 cm³/mol. The van der Waals surface area contributed by atoms with Crippen LogP contribution >= 0.6 is 0 Å². The van der Waals surface area contributed by atoms with Gasteiger partial charge < -0.3 is 14.2 Å². The highest BCUT2D eigenvalue weighted by atomic mass is 16.7. The van der Waals surface area contributed by atoms with Crippen LogP contribution in [0.2, 0.25) is 0 Å². The van der Waals surface area contributed by atoms with E-state index in [0.717, 1.165) is 30.8 Å². The van der Waals surface area contributed by atoms with Crippen LogP contribution in [0.15, 0.2) is 49.0 Å². The highest BCUT2D eigenvalue weighted by Gasteiger charge is 2.38. The summed E-state index contributed by atoms with van der Waals surface area (Å²) in [7, 11) is 1.66. The van der Waals surface area contributed by atoms with Crippen molar-refractivity contribution in [1.29, 1.82) is 0 Å². The maximum absolute atomic E-state index is 6.37. The van der Waals surface area contributed by atoms with Gasteiger partial charge in [-0.3, -0.25) is 0 Å². The number of methoxy groups -OCH3 is 1. The molecule has 27 heavy (non-hydrogen) atoms. The normalized spacial score (nSPS) is 23.1. The lowest BCUT2D eigenvalue weighted by atomic mass is 9.97. The third-order valence-electron chi connectivity index (χ3n) is 5.70. The number of rotatable bonds is 8. The Morgan fingerprint density at radius 1 is 1.15 bits per heavy atom. The van der Waals surface area contributed by atoms with Crippen molar-refractivity contribution >= 4 is 5.57 Å². The van der Waals surface area contributed by atoms with E-state index in [-0.39, 0.29) is 6.10 Å². The summed E-state index contributed by atoms with van der Waals surface area (Å²) in [5, 5.41) is 0. The van der Waals surface area contributed by atoms with E-state index in [0.29, 0.717) is 18.6 Å². The fourth-order valence-corrected chi connectivity index (χ4v) is 4.21. The molecule has 2 aromatic rings. The zero-order valence-electron chi connectivity index (χ0n) is 16.2. The fraction of sp³-hybridized carbons (Fsp3) is 0.417. The van der Waals surface area contributed by atoms with Gasteiger partial charge in [-0.15, -0.1) is 0 Å². The molecule has 1 fully saturated rings. The van der Waals surface area contributed by atoms with E-state index in [4.69, 9.17) is 14.2 Å². The highest BCUT2D eigenvalue weighted by molar-refractivity contribution is 5.67. The van der Waals surface area contributed by atoms with Gasteiger partial charge in [0.15, 0.2) is 0 Å². The average Bonchev–Trinajstić information content (AvgIpc) is 3.34. The van der Waals surface area contributed by atoms with E-state index < -0.39 is 0 Å². The summed E-state index contributed by atoms with van der Waals surface area (Å²) in [6, 6.07) is 15.1. The molecular formula is C24H28O3. The van der Waals surface area contributed by atoms with Gasteiger partial charge in [-0.25, -0.2) is 0 Å². The van der Waals surface area contributed by atoms with E-state index in [1.54, 1.807) is 7.11 Å². The number of hydrogen-bond donors (Lipinski definition) is 0. The summed E-state index contributed by atoms with van der Waals surface area (Å²) >= 11 is 0. The van der Waals surface area contributed by atoms with Crippen LogP contribution in [0.3, 0.4) is 0 Å². The van der Waals surface area contributed by atoms with Crippen LogP contribution in [0, 0.1) is 5.92 Å². The number of ether oxygens (including phenoxy) is 3. The first-order chi connectivity index (χ1) is 13.2. The second kappa shape index (κ2) is 7.87. The van der Waals surface area contributed by atoms with Crippen molar-refractivity contribution in [3.63, 3.8) is 0 Å². The zero-order chi connectivity index (χ0) is 18.8. The molecule has 2 aliphatic carbocycles. The van der Waals surface area contributed by atoms with Crippen LogP contribution in [0.5, 0.6) is 5.75 Å². The van der Waals surface area contributed by atoms with Crippen LogP contribution in [0.1, 0.15) is 54.0 Å². The van der Waals surface area contributed by atoms with Gasteiger partial charge in [0.25, 0.3) is 0 Å². The lowest BCUT2D eigenvalue weighted by Gasteiger charge is -2.18. The monoisotopic (exact) mass is 364 g/mol. The standard InChI is InChI=1S/C24H28O3/c1-16(2)21-6-4-5-18-9-12-23(24(18)21)27-20-10-7-17(8-11-20)22-13-19(22)14-26-15-25-3/h4-8,10-11,19,22-23H,1,9,12-15H2,2-3H3. The van der Waals surface area contributed by atoms with Gasteiger partial charge in [0.2, 0.25) is 0 Å². The maximum Gasteiger partial charge on any atom is 0.146 e. The SMILES string of the molecule is C=C(C)c1cccc2c1C(Oc1ccc(C3CC3COCOC)cc1)CC2. The second-order valence-corrected chi connectivity index (χ2v) is 7.75. The Hall–Kier alpha value is -2.10. The summed E-state index contributed by atoms with van der Waals surface area (Å²) in [5.74, 6) is 2.17. The summed E-state index contributed by atoms with van der Waals surface area (Å²) < 4.78 is 16.8. The molecule has 0 N–H and O–H groups in total. The molecule has 2 aliphatic rings. The molecule has 4 rings (SSSR count). The first kappa shape index (κ1) is 18.3. The third kappa shape index (κ3) is 3.95. The minimum Gasteiger partial charge on any atom is -0.486 e. The molecule has 0 spiro atoms. The highest BCUT2D eigenvalue weighted by Crippen LogP contribution is 2.48. The van der Waals surface area contributed by atoms with E-state index >= 15 is 0 Å². The van der Waals surface area contributed by atoms with Crippen molar-refractivity contribution in [1.82, 2.24) is 0 Å². The molecule has 0 bridgehead atoms. The van der Waals surface area contributed by atoms with Crippen LogP contribution < -0.4 is 4.74 Å². The van der Waals surface area contributed by atoms with Gasteiger partial charge in [0.05, 0.1) is 6.61 Å². The molecule has 1 saturated carbocycles. The van der Waals surface area contributed by atoms with Crippen LogP contribution in [-0.2, 0) is 15.9 Å². The average molecular weight is 364 g/mol. The fourth-order valence-electron chi connectivity index (χ4n) is 4.21. The Morgan fingerprint density at radius 2 is 1.96 bits per heavy atom. The molecule has 3 heteroatoms. The number of aryl methyl sites for hydroxylation is 1. The second-order valence-electron chi connectivity index (χ2n) is 7.75. The molecule has 142 valence electrons. The van der Waals surface area contributed by atoms with Gasteiger partial charge in [-0.1, -0.05) is 42.5 Å². The first-order valence-corrected chi connectivity index (χ1v) is 9.78. The predicted octanol–water partition coefficient (Wildman–Crippen LogP) is 5.51. The van der Waals surface area contributed by atoms with Crippen molar-refractivity contribution in [3.8, 4) is 5.75 Å². The van der Waals surface area contributed by atoms with Crippen molar-refractivity contribution < 1.29 is 14.2 Å². The molecular weight excluding hydrogens is 336 g/mol. The van der Waals surface area contributed by atoms with Crippen molar-refractivity contribution in [2.75, 3.05) is 20.5 Å². The summed E-state index contributed by atoms with van der Waals surface area (Å²) in [6.45, 7) is 7.37. The maximum atomic E-state index is 6.37. The van der Waals surface area contributed by atoms with Crippen molar-refractivity contribution in [2.45, 2.75) is 38.2 Å². The Bertz CT molecular complexity index is 809. The minimum atomic E-state index is 0.120. The molecule has 0 saturated heterocycles. The zero-order valence-corrected chi connectivity index (χ0v) is 16.2. The lowest BCUT2D eigenvalue weighted by molar-refractivity contribution is -0.0348. The molecule has 0 radical (unpaired) electrons. The largest absolute Gasteiger partial charge is 0.486 e. The number of allylic oxidation sites excluding steroid dienone is 1.